The van der Waals surface area contributed by atoms with Crippen molar-refractivity contribution >= 4 is 11.6 Å². The summed E-state index contributed by atoms with van der Waals surface area (Å²) < 4.78 is 13.0. The van der Waals surface area contributed by atoms with Crippen molar-refractivity contribution in [2.75, 3.05) is 12.8 Å². The number of benzene rings is 1. The molecule has 90 valence electrons. The van der Waals surface area contributed by atoms with Crippen LogP contribution in [0.4, 0.5) is 10.1 Å². The molecule has 0 heterocycles. The van der Waals surface area contributed by atoms with Crippen LogP contribution in [0.5, 0.6) is 0 Å². The van der Waals surface area contributed by atoms with Crippen LogP contribution in [0.3, 0.4) is 0 Å². The minimum absolute atomic E-state index is 0.122. The Morgan fingerprint density at radius 1 is 1.65 bits per heavy atom. The van der Waals surface area contributed by atoms with Crippen molar-refractivity contribution < 1.29 is 9.18 Å². The first-order chi connectivity index (χ1) is 7.97. The highest BCUT2D eigenvalue weighted by Crippen LogP contribution is 2.16. The number of rotatable bonds is 3. The fourth-order valence-electron chi connectivity index (χ4n) is 1.37. The van der Waals surface area contributed by atoms with Gasteiger partial charge in [-0.1, -0.05) is 0 Å². The molecule has 0 aliphatic heterocycles. The topological polar surface area (TPSA) is 70.1 Å². The third kappa shape index (κ3) is 2.94. The van der Waals surface area contributed by atoms with Crippen molar-refractivity contribution in [3.63, 3.8) is 0 Å². The third-order valence-corrected chi connectivity index (χ3v) is 2.61. The van der Waals surface area contributed by atoms with Gasteiger partial charge in [-0.2, -0.15) is 5.26 Å². The monoisotopic (exact) mass is 235 g/mol. The highest BCUT2D eigenvalue weighted by molar-refractivity contribution is 5.99. The predicted molar refractivity (Wildman–Crippen MR) is 62.6 cm³/mol. The maximum atomic E-state index is 13.0. The van der Waals surface area contributed by atoms with Gasteiger partial charge in [-0.25, -0.2) is 4.39 Å². The molecule has 1 aromatic carbocycles. The second kappa shape index (κ2) is 5.30. The molecule has 4 nitrogen and oxygen atoms in total. The van der Waals surface area contributed by atoms with Gasteiger partial charge in [-0.15, -0.1) is 0 Å². The minimum atomic E-state index is -0.510. The van der Waals surface area contributed by atoms with Crippen molar-refractivity contribution in [1.29, 1.82) is 5.26 Å². The highest BCUT2D eigenvalue weighted by atomic mass is 19.1. The molecule has 0 aliphatic rings. The van der Waals surface area contributed by atoms with Crippen LogP contribution in [0.15, 0.2) is 18.2 Å². The Morgan fingerprint density at radius 2 is 2.29 bits per heavy atom. The van der Waals surface area contributed by atoms with Gasteiger partial charge in [-0.05, 0) is 25.1 Å². The Hall–Kier alpha value is -2.09. The second-order valence-electron chi connectivity index (χ2n) is 3.86. The fraction of sp³-hybridized carbons (Fsp3) is 0.333. The van der Waals surface area contributed by atoms with Crippen LogP contribution >= 0.6 is 0 Å². The summed E-state index contributed by atoms with van der Waals surface area (Å²) in [7, 11) is 1.56. The molecule has 0 aromatic heterocycles. The molecule has 2 N–H and O–H groups in total. The molecule has 5 heteroatoms. The zero-order valence-electron chi connectivity index (χ0n) is 9.77. The summed E-state index contributed by atoms with van der Waals surface area (Å²) in [5.74, 6) is -0.895. The molecule has 1 atom stereocenters. The van der Waals surface area contributed by atoms with E-state index in [2.05, 4.69) is 0 Å². The van der Waals surface area contributed by atoms with Crippen molar-refractivity contribution in [2.45, 2.75) is 19.4 Å². The average Bonchev–Trinajstić information content (AvgIpc) is 2.30. The van der Waals surface area contributed by atoms with E-state index in [0.29, 0.717) is 0 Å². The summed E-state index contributed by atoms with van der Waals surface area (Å²) in [6.07, 6.45) is 0.220. The number of nitrogens with two attached hydrogens (primary N) is 1. The van der Waals surface area contributed by atoms with Crippen LogP contribution in [0.25, 0.3) is 0 Å². The zero-order valence-corrected chi connectivity index (χ0v) is 9.77. The Balaban J connectivity index is 2.96. The van der Waals surface area contributed by atoms with Gasteiger partial charge in [0.05, 0.1) is 18.1 Å². The molecule has 1 amide bonds. The predicted octanol–water partition coefficient (Wildman–Crippen LogP) is 1.78. The number of amides is 1. The number of nitriles is 1. The van der Waals surface area contributed by atoms with Crippen LogP contribution in [-0.4, -0.2) is 23.9 Å². The zero-order chi connectivity index (χ0) is 13.0. The summed E-state index contributed by atoms with van der Waals surface area (Å²) in [5, 5.41) is 8.56. The number of nitrogens with zero attached hydrogens (tertiary/aromatic N) is 2. The van der Waals surface area contributed by atoms with Gasteiger partial charge in [0.15, 0.2) is 0 Å². The van der Waals surface area contributed by atoms with E-state index < -0.39 is 5.82 Å². The number of anilines is 1. The maximum absolute atomic E-state index is 13.0. The van der Waals surface area contributed by atoms with Crippen molar-refractivity contribution in [3.05, 3.63) is 29.6 Å². The molecular weight excluding hydrogens is 221 g/mol. The van der Waals surface area contributed by atoms with Gasteiger partial charge in [-0.3, -0.25) is 4.79 Å². The van der Waals surface area contributed by atoms with Crippen molar-refractivity contribution in [3.8, 4) is 6.07 Å². The van der Waals surface area contributed by atoms with E-state index >= 15 is 0 Å². The van der Waals surface area contributed by atoms with Crippen LogP contribution in [0, 0.1) is 17.1 Å². The quantitative estimate of drug-likeness (QED) is 0.812. The highest BCUT2D eigenvalue weighted by Gasteiger charge is 2.19. The molecule has 17 heavy (non-hydrogen) atoms. The average molecular weight is 235 g/mol. The van der Waals surface area contributed by atoms with Crippen LogP contribution < -0.4 is 5.73 Å². The summed E-state index contributed by atoms with van der Waals surface area (Å²) in [5.41, 5.74) is 5.97. The minimum Gasteiger partial charge on any atom is -0.398 e. The normalized spacial score (nSPS) is 11.6. The number of carbonyl (C=O) groups excluding carboxylic acids is 1. The third-order valence-electron chi connectivity index (χ3n) is 2.61. The Kier molecular flexibility index (Phi) is 4.05. The van der Waals surface area contributed by atoms with Crippen LogP contribution in [0.1, 0.15) is 23.7 Å². The lowest BCUT2D eigenvalue weighted by Crippen LogP contribution is -2.35. The van der Waals surface area contributed by atoms with E-state index in [-0.39, 0.29) is 29.6 Å². The molecular formula is C12H14FN3O. The first kappa shape index (κ1) is 13.0. The largest absolute Gasteiger partial charge is 0.398 e. The smallest absolute Gasteiger partial charge is 0.256 e. The number of nitrogen functional groups attached to an aromatic ring is 1. The van der Waals surface area contributed by atoms with Gasteiger partial charge in [0.2, 0.25) is 0 Å². The molecule has 0 saturated heterocycles. The molecule has 1 rings (SSSR count). The van der Waals surface area contributed by atoms with E-state index in [4.69, 9.17) is 11.0 Å². The number of carbonyl (C=O) groups is 1. The van der Waals surface area contributed by atoms with Crippen molar-refractivity contribution in [1.82, 2.24) is 4.90 Å². The molecule has 0 radical (unpaired) electrons. The number of hydrogen-bond donors (Lipinski definition) is 1. The van der Waals surface area contributed by atoms with Gasteiger partial charge < -0.3 is 10.6 Å². The Labute approximate surface area is 99.4 Å². The summed E-state index contributed by atoms with van der Waals surface area (Å²) in [6, 6.07) is 5.40. The molecule has 0 spiro atoms. The van der Waals surface area contributed by atoms with Gasteiger partial charge in [0.1, 0.15) is 5.82 Å². The van der Waals surface area contributed by atoms with E-state index in [1.54, 1.807) is 14.0 Å². The SMILES string of the molecule is CC(CC#N)N(C)C(=O)c1cc(F)ccc1N. The van der Waals surface area contributed by atoms with E-state index in [1.807, 2.05) is 6.07 Å². The number of halogens is 1. The molecule has 0 bridgehead atoms. The standard InChI is InChI=1S/C12H14FN3O/c1-8(5-6-14)16(2)12(17)10-7-9(13)3-4-11(10)15/h3-4,7-8H,5,15H2,1-2H3. The van der Waals surface area contributed by atoms with Gasteiger partial charge >= 0.3 is 0 Å². The van der Waals surface area contributed by atoms with Crippen LogP contribution in [-0.2, 0) is 0 Å². The Bertz CT molecular complexity index is 467. The first-order valence-electron chi connectivity index (χ1n) is 5.16. The maximum Gasteiger partial charge on any atom is 0.256 e. The lowest BCUT2D eigenvalue weighted by atomic mass is 10.1. The summed E-state index contributed by atoms with van der Waals surface area (Å²) >= 11 is 0. The van der Waals surface area contributed by atoms with E-state index in [9.17, 15) is 9.18 Å². The fourth-order valence-corrected chi connectivity index (χ4v) is 1.37. The summed E-state index contributed by atoms with van der Waals surface area (Å²) in [6.45, 7) is 1.75. The summed E-state index contributed by atoms with van der Waals surface area (Å²) in [4.78, 5) is 13.4. The molecule has 0 saturated carbocycles. The number of hydrogen-bond acceptors (Lipinski definition) is 3. The second-order valence-corrected chi connectivity index (χ2v) is 3.86. The van der Waals surface area contributed by atoms with Gasteiger partial charge in [0, 0.05) is 18.8 Å². The molecule has 0 aliphatic carbocycles. The molecule has 1 unspecified atom stereocenters. The lowest BCUT2D eigenvalue weighted by molar-refractivity contribution is 0.0747. The van der Waals surface area contributed by atoms with E-state index in [1.165, 1.54) is 17.0 Å². The van der Waals surface area contributed by atoms with Gasteiger partial charge in [0.25, 0.3) is 5.91 Å². The lowest BCUT2D eigenvalue weighted by Gasteiger charge is -2.23. The molecule has 1 aromatic rings. The van der Waals surface area contributed by atoms with Crippen LogP contribution in [0.2, 0.25) is 0 Å². The Morgan fingerprint density at radius 3 is 2.88 bits per heavy atom. The van der Waals surface area contributed by atoms with Crippen molar-refractivity contribution in [2.24, 2.45) is 0 Å². The molecule has 0 fully saturated rings. The van der Waals surface area contributed by atoms with E-state index in [0.717, 1.165) is 6.07 Å². The first-order valence-corrected chi connectivity index (χ1v) is 5.16.